The smallest absolute Gasteiger partial charge is 0.0979 e. The molecule has 2 aromatic rings. The lowest BCUT2D eigenvalue weighted by Gasteiger charge is -2.20. The molecule has 98 valence electrons. The number of thiazole rings is 1. The van der Waals surface area contributed by atoms with Gasteiger partial charge in [-0.15, -0.1) is 11.3 Å². The standard InChI is InChI=1S/C15H15ClN2S/c16-11-3-4-12-10(6-11)7-13-14(12)18-15(19-13)9-2-1-5-17-8-9/h3-4,6,9,17H,1-2,5,7-8H2. The molecule has 2 aliphatic rings. The van der Waals surface area contributed by atoms with Crippen LogP contribution in [0, 0.1) is 0 Å². The van der Waals surface area contributed by atoms with Crippen LogP contribution >= 0.6 is 22.9 Å². The maximum atomic E-state index is 6.06. The predicted octanol–water partition coefficient (Wildman–Crippen LogP) is 3.83. The number of benzene rings is 1. The Hall–Kier alpha value is -0.900. The Balaban J connectivity index is 1.71. The average Bonchev–Trinajstić information content (AvgIpc) is 2.96. The van der Waals surface area contributed by atoms with Crippen LogP contribution in [0.15, 0.2) is 18.2 Å². The zero-order chi connectivity index (χ0) is 12.8. The van der Waals surface area contributed by atoms with Crippen molar-refractivity contribution in [2.45, 2.75) is 25.2 Å². The number of nitrogens with zero attached hydrogens (tertiary/aromatic N) is 1. The third-order valence-electron chi connectivity index (χ3n) is 4.03. The Labute approximate surface area is 121 Å². The second-order valence-electron chi connectivity index (χ2n) is 5.35. The van der Waals surface area contributed by atoms with E-state index in [0.717, 1.165) is 24.5 Å². The number of halogens is 1. The van der Waals surface area contributed by atoms with Crippen LogP contribution in [0.5, 0.6) is 0 Å². The van der Waals surface area contributed by atoms with E-state index in [9.17, 15) is 0 Å². The first-order valence-electron chi connectivity index (χ1n) is 6.80. The van der Waals surface area contributed by atoms with Crippen molar-refractivity contribution >= 4 is 22.9 Å². The summed E-state index contributed by atoms with van der Waals surface area (Å²) < 4.78 is 0. The van der Waals surface area contributed by atoms with Gasteiger partial charge in [0.25, 0.3) is 0 Å². The van der Waals surface area contributed by atoms with Crippen LogP contribution in [0.4, 0.5) is 0 Å². The summed E-state index contributed by atoms with van der Waals surface area (Å²) in [6.07, 6.45) is 3.54. The van der Waals surface area contributed by atoms with Crippen LogP contribution in [0.2, 0.25) is 5.02 Å². The third-order valence-corrected chi connectivity index (χ3v) is 5.49. The summed E-state index contributed by atoms with van der Waals surface area (Å²) in [5.74, 6) is 0.611. The summed E-state index contributed by atoms with van der Waals surface area (Å²) >= 11 is 7.96. The highest BCUT2D eigenvalue weighted by atomic mass is 35.5. The maximum Gasteiger partial charge on any atom is 0.0979 e. The van der Waals surface area contributed by atoms with Gasteiger partial charge in [-0.1, -0.05) is 17.7 Å². The Bertz CT molecular complexity index is 629. The van der Waals surface area contributed by atoms with Gasteiger partial charge in [-0.2, -0.15) is 0 Å². The fraction of sp³-hybridized carbons (Fsp3) is 0.400. The van der Waals surface area contributed by atoms with Gasteiger partial charge in [-0.25, -0.2) is 4.98 Å². The molecule has 4 rings (SSSR count). The van der Waals surface area contributed by atoms with Crippen LogP contribution in [0.3, 0.4) is 0 Å². The van der Waals surface area contributed by atoms with Gasteiger partial charge in [0.05, 0.1) is 10.7 Å². The van der Waals surface area contributed by atoms with E-state index in [0.29, 0.717) is 5.92 Å². The van der Waals surface area contributed by atoms with Crippen molar-refractivity contribution in [3.63, 3.8) is 0 Å². The normalized spacial score (nSPS) is 21.2. The van der Waals surface area contributed by atoms with E-state index in [2.05, 4.69) is 17.4 Å². The highest BCUT2D eigenvalue weighted by molar-refractivity contribution is 7.12. The second-order valence-corrected chi connectivity index (χ2v) is 6.90. The van der Waals surface area contributed by atoms with Gasteiger partial charge in [0.2, 0.25) is 0 Å². The molecule has 0 radical (unpaired) electrons. The molecule has 0 amide bonds. The molecule has 19 heavy (non-hydrogen) atoms. The number of piperidine rings is 1. The lowest BCUT2D eigenvalue weighted by atomic mass is 10.0. The topological polar surface area (TPSA) is 24.9 Å². The molecule has 1 fully saturated rings. The molecule has 2 heterocycles. The highest BCUT2D eigenvalue weighted by Gasteiger charge is 2.26. The van der Waals surface area contributed by atoms with Crippen LogP contribution in [0.25, 0.3) is 11.3 Å². The van der Waals surface area contributed by atoms with Crippen LogP contribution in [-0.4, -0.2) is 18.1 Å². The van der Waals surface area contributed by atoms with E-state index >= 15 is 0 Å². The van der Waals surface area contributed by atoms with Crippen molar-refractivity contribution in [3.05, 3.63) is 38.7 Å². The van der Waals surface area contributed by atoms with Crippen molar-refractivity contribution in [1.82, 2.24) is 10.3 Å². The molecule has 1 aliphatic carbocycles. The van der Waals surface area contributed by atoms with Gasteiger partial charge in [-0.3, -0.25) is 0 Å². The summed E-state index contributed by atoms with van der Waals surface area (Å²) in [5, 5.41) is 5.62. The second kappa shape index (κ2) is 4.58. The van der Waals surface area contributed by atoms with Gasteiger partial charge in [0, 0.05) is 34.3 Å². The average molecular weight is 291 g/mol. The van der Waals surface area contributed by atoms with Gasteiger partial charge in [0.15, 0.2) is 0 Å². The fourth-order valence-corrected chi connectivity index (χ4v) is 4.48. The van der Waals surface area contributed by atoms with Gasteiger partial charge in [-0.05, 0) is 37.1 Å². The Morgan fingerprint density at radius 3 is 3.16 bits per heavy atom. The molecule has 1 unspecified atom stereocenters. The molecule has 1 aromatic carbocycles. The Morgan fingerprint density at radius 1 is 1.37 bits per heavy atom. The van der Waals surface area contributed by atoms with Crippen LogP contribution in [-0.2, 0) is 6.42 Å². The molecule has 4 heteroatoms. The number of fused-ring (bicyclic) bond motifs is 3. The minimum absolute atomic E-state index is 0.611. The Morgan fingerprint density at radius 2 is 2.32 bits per heavy atom. The quantitative estimate of drug-likeness (QED) is 0.737. The number of hydrogen-bond acceptors (Lipinski definition) is 3. The van der Waals surface area contributed by atoms with Crippen LogP contribution < -0.4 is 5.32 Å². The van der Waals surface area contributed by atoms with E-state index in [4.69, 9.17) is 16.6 Å². The van der Waals surface area contributed by atoms with E-state index in [1.807, 2.05) is 17.4 Å². The molecule has 1 atom stereocenters. The number of hydrogen-bond donors (Lipinski definition) is 1. The molecule has 1 aliphatic heterocycles. The zero-order valence-corrected chi connectivity index (χ0v) is 12.2. The molecule has 2 nitrogen and oxygen atoms in total. The van der Waals surface area contributed by atoms with Crippen LogP contribution in [0.1, 0.15) is 34.2 Å². The molecule has 1 N–H and O–H groups in total. The summed E-state index contributed by atoms with van der Waals surface area (Å²) in [6.45, 7) is 2.24. The highest BCUT2D eigenvalue weighted by Crippen LogP contribution is 2.42. The molecule has 0 bridgehead atoms. The maximum absolute atomic E-state index is 6.06. The minimum atomic E-state index is 0.611. The lowest BCUT2D eigenvalue weighted by Crippen LogP contribution is -2.28. The number of rotatable bonds is 1. The summed E-state index contributed by atoms with van der Waals surface area (Å²) in [6, 6.07) is 6.16. The van der Waals surface area contributed by atoms with Crippen molar-refractivity contribution in [1.29, 1.82) is 0 Å². The molecular formula is C15H15ClN2S. The summed E-state index contributed by atoms with van der Waals surface area (Å²) in [4.78, 5) is 6.34. The molecule has 1 saturated heterocycles. The monoisotopic (exact) mass is 290 g/mol. The van der Waals surface area contributed by atoms with Crippen molar-refractivity contribution in [2.24, 2.45) is 0 Å². The molecular weight excluding hydrogens is 276 g/mol. The number of aromatic nitrogens is 1. The fourth-order valence-electron chi connectivity index (χ4n) is 3.05. The first-order valence-corrected chi connectivity index (χ1v) is 8.00. The van der Waals surface area contributed by atoms with E-state index in [1.54, 1.807) is 0 Å². The van der Waals surface area contributed by atoms with Gasteiger partial charge >= 0.3 is 0 Å². The summed E-state index contributed by atoms with van der Waals surface area (Å²) in [7, 11) is 0. The van der Waals surface area contributed by atoms with Gasteiger partial charge < -0.3 is 5.32 Å². The van der Waals surface area contributed by atoms with Crippen molar-refractivity contribution in [3.8, 4) is 11.3 Å². The molecule has 0 saturated carbocycles. The van der Waals surface area contributed by atoms with E-state index < -0.39 is 0 Å². The van der Waals surface area contributed by atoms with Gasteiger partial charge in [0.1, 0.15) is 0 Å². The summed E-state index contributed by atoms with van der Waals surface area (Å²) in [5.41, 5.74) is 3.82. The van der Waals surface area contributed by atoms with Crippen molar-refractivity contribution < 1.29 is 0 Å². The SMILES string of the molecule is Clc1ccc2c(c1)Cc1sc(C3CCCNC3)nc1-2. The predicted molar refractivity (Wildman–Crippen MR) is 80.2 cm³/mol. The first kappa shape index (κ1) is 11.9. The largest absolute Gasteiger partial charge is 0.316 e. The van der Waals surface area contributed by atoms with E-state index in [1.165, 1.54) is 39.5 Å². The van der Waals surface area contributed by atoms with E-state index in [-0.39, 0.29) is 0 Å². The van der Waals surface area contributed by atoms with Crippen molar-refractivity contribution in [2.75, 3.05) is 13.1 Å². The first-order chi connectivity index (χ1) is 9.31. The molecule has 1 aromatic heterocycles. The number of nitrogens with one attached hydrogen (secondary N) is 1. The molecule has 0 spiro atoms. The Kier molecular flexibility index (Phi) is 2.87. The minimum Gasteiger partial charge on any atom is -0.316 e. The third kappa shape index (κ3) is 2.00. The lowest BCUT2D eigenvalue weighted by molar-refractivity contribution is 0.460. The zero-order valence-electron chi connectivity index (χ0n) is 10.6.